The number of thioether (sulfide) groups is 1. The zero-order valence-electron chi connectivity index (χ0n) is 16.9. The molecule has 10 heteroatoms. The number of nitro benzene ring substituents is 1. The third-order valence-corrected chi connectivity index (χ3v) is 5.23. The number of esters is 1. The number of fused-ring (bicyclic) bond motifs is 1. The van der Waals surface area contributed by atoms with Gasteiger partial charge in [0.25, 0.3) is 11.6 Å². The van der Waals surface area contributed by atoms with E-state index < -0.39 is 16.9 Å². The molecule has 0 spiro atoms. The van der Waals surface area contributed by atoms with Crippen LogP contribution in [-0.4, -0.2) is 41.6 Å². The van der Waals surface area contributed by atoms with Crippen LogP contribution in [0.25, 0.3) is 0 Å². The predicted molar refractivity (Wildman–Crippen MR) is 114 cm³/mol. The number of nitrogens with zero attached hydrogens (tertiary/aromatic N) is 1. The predicted octanol–water partition coefficient (Wildman–Crippen LogP) is 3.06. The molecular weight excluding hydrogens is 424 g/mol. The lowest BCUT2D eigenvalue weighted by Crippen LogP contribution is -2.42. The van der Waals surface area contributed by atoms with E-state index in [1.807, 2.05) is 6.26 Å². The van der Waals surface area contributed by atoms with Crippen molar-refractivity contribution in [1.29, 1.82) is 0 Å². The molecule has 3 rings (SSSR count). The van der Waals surface area contributed by atoms with E-state index in [1.165, 1.54) is 12.1 Å². The normalized spacial score (nSPS) is 13.5. The second-order valence-electron chi connectivity index (χ2n) is 6.74. The maximum atomic E-state index is 12.7. The van der Waals surface area contributed by atoms with Gasteiger partial charge in [-0.15, -0.1) is 0 Å². The van der Waals surface area contributed by atoms with Gasteiger partial charge in [0.1, 0.15) is 18.4 Å². The number of benzene rings is 2. The topological polar surface area (TPSA) is 117 Å². The Morgan fingerprint density at radius 1 is 1.29 bits per heavy atom. The molecule has 1 aliphatic heterocycles. The molecule has 1 amide bonds. The molecule has 1 unspecified atom stereocenters. The van der Waals surface area contributed by atoms with E-state index in [1.54, 1.807) is 42.1 Å². The van der Waals surface area contributed by atoms with Crippen LogP contribution < -0.4 is 10.1 Å². The fourth-order valence-corrected chi connectivity index (χ4v) is 3.53. The van der Waals surface area contributed by atoms with E-state index in [9.17, 15) is 19.7 Å². The Labute approximate surface area is 183 Å². The van der Waals surface area contributed by atoms with Crippen LogP contribution in [0.3, 0.4) is 0 Å². The first-order valence-electron chi connectivity index (χ1n) is 9.51. The van der Waals surface area contributed by atoms with E-state index in [0.29, 0.717) is 34.6 Å². The molecule has 2 aromatic carbocycles. The number of carbonyl (C=O) groups is 2. The third-order valence-electron chi connectivity index (χ3n) is 4.59. The Kier molecular flexibility index (Phi) is 7.85. The highest BCUT2D eigenvalue weighted by Crippen LogP contribution is 2.33. The molecule has 9 nitrogen and oxygen atoms in total. The van der Waals surface area contributed by atoms with Gasteiger partial charge in [0.05, 0.1) is 11.5 Å². The van der Waals surface area contributed by atoms with Crippen LogP contribution in [0, 0.1) is 10.1 Å². The summed E-state index contributed by atoms with van der Waals surface area (Å²) in [5, 5.41) is 13.9. The van der Waals surface area contributed by atoms with Crippen LogP contribution in [0.15, 0.2) is 42.5 Å². The van der Waals surface area contributed by atoms with E-state index in [0.717, 1.165) is 0 Å². The first kappa shape index (κ1) is 22.6. The summed E-state index contributed by atoms with van der Waals surface area (Å²) in [5.41, 5.74) is 1.18. The number of carbonyl (C=O) groups excluding carboxylic acids is 2. The van der Waals surface area contributed by atoms with Crippen LogP contribution in [0.4, 0.5) is 5.69 Å². The van der Waals surface area contributed by atoms with Crippen molar-refractivity contribution >= 4 is 29.3 Å². The number of non-ortho nitro benzene ring substituents is 1. The van der Waals surface area contributed by atoms with Crippen LogP contribution in [0.2, 0.25) is 0 Å². The Bertz CT molecular complexity index is 952. The quantitative estimate of drug-likeness (QED) is 0.355. The smallest absolute Gasteiger partial charge is 0.329 e. The summed E-state index contributed by atoms with van der Waals surface area (Å²) in [7, 11) is 0. The van der Waals surface area contributed by atoms with Crippen molar-refractivity contribution in [3.05, 3.63) is 69.3 Å². The van der Waals surface area contributed by atoms with Gasteiger partial charge in [-0.05, 0) is 30.6 Å². The minimum absolute atomic E-state index is 0.00917. The van der Waals surface area contributed by atoms with E-state index >= 15 is 0 Å². The van der Waals surface area contributed by atoms with Crippen molar-refractivity contribution in [3.8, 4) is 5.75 Å². The summed E-state index contributed by atoms with van der Waals surface area (Å²) in [4.78, 5) is 35.9. The minimum atomic E-state index is -0.848. The summed E-state index contributed by atoms with van der Waals surface area (Å²) in [6, 6.07) is 10.4. The molecular formula is C21H22N2O7S. The van der Waals surface area contributed by atoms with E-state index in [4.69, 9.17) is 14.2 Å². The summed E-state index contributed by atoms with van der Waals surface area (Å²) < 4.78 is 16.1. The zero-order chi connectivity index (χ0) is 22.2. The van der Waals surface area contributed by atoms with Crippen molar-refractivity contribution < 1.29 is 28.7 Å². The minimum Gasteiger partial charge on any atom is -0.467 e. The van der Waals surface area contributed by atoms with Gasteiger partial charge >= 0.3 is 5.97 Å². The van der Waals surface area contributed by atoms with Crippen LogP contribution >= 0.6 is 11.8 Å². The molecule has 0 fully saturated rings. The van der Waals surface area contributed by atoms with E-state index in [2.05, 4.69) is 5.32 Å². The van der Waals surface area contributed by atoms with Crippen molar-refractivity contribution in [2.45, 2.75) is 25.7 Å². The first-order chi connectivity index (χ1) is 15.0. The highest BCUT2D eigenvalue weighted by atomic mass is 32.2. The summed E-state index contributed by atoms with van der Waals surface area (Å²) in [5.74, 6) is 0.0581. The number of nitrogens with one attached hydrogen (secondary N) is 1. The molecule has 1 atom stereocenters. The number of hydrogen-bond donors (Lipinski definition) is 1. The number of ether oxygens (including phenoxy) is 3. The van der Waals surface area contributed by atoms with Crippen LogP contribution in [0.5, 0.6) is 5.75 Å². The Balaban J connectivity index is 1.72. The largest absolute Gasteiger partial charge is 0.467 e. The maximum Gasteiger partial charge on any atom is 0.329 e. The van der Waals surface area contributed by atoms with Crippen molar-refractivity contribution in [1.82, 2.24) is 5.32 Å². The Morgan fingerprint density at radius 2 is 2.06 bits per heavy atom. The molecule has 0 saturated heterocycles. The molecule has 0 aromatic heterocycles. The van der Waals surface area contributed by atoms with Gasteiger partial charge in [-0.25, -0.2) is 4.79 Å². The van der Waals surface area contributed by atoms with E-state index in [-0.39, 0.29) is 31.6 Å². The van der Waals surface area contributed by atoms with Gasteiger partial charge < -0.3 is 19.5 Å². The molecule has 1 heterocycles. The van der Waals surface area contributed by atoms with Gasteiger partial charge in [0.15, 0.2) is 6.79 Å². The maximum absolute atomic E-state index is 12.7. The first-order valence-corrected chi connectivity index (χ1v) is 10.9. The molecule has 31 heavy (non-hydrogen) atoms. The fourth-order valence-electron chi connectivity index (χ4n) is 3.06. The number of nitro groups is 1. The summed E-state index contributed by atoms with van der Waals surface area (Å²) >= 11 is 1.54. The molecule has 0 saturated carbocycles. The molecule has 0 bridgehead atoms. The van der Waals surface area contributed by atoms with Gasteiger partial charge in [0, 0.05) is 28.8 Å². The average molecular weight is 446 g/mol. The standard InChI is InChI=1S/C21H22N2O7S/c1-31-8-7-18(22-20(24)14-5-3-2-4-6-14)21(25)29-12-16-10-17(23(26)27)9-15-11-28-13-30-19(15)16/h2-6,9-10,18H,7-8,11-13H2,1H3,(H,22,24). The summed E-state index contributed by atoms with van der Waals surface area (Å²) in [6.45, 7) is -0.0451. The second kappa shape index (κ2) is 10.8. The Morgan fingerprint density at radius 3 is 2.77 bits per heavy atom. The lowest BCUT2D eigenvalue weighted by molar-refractivity contribution is -0.385. The molecule has 0 aliphatic carbocycles. The molecule has 2 aromatic rings. The molecule has 0 radical (unpaired) electrons. The van der Waals surface area contributed by atoms with Crippen LogP contribution in [-0.2, 0) is 27.5 Å². The SMILES string of the molecule is CSCCC(NC(=O)c1ccccc1)C(=O)OCc1cc([N+](=O)[O-])cc2c1OCOC2. The Hall–Kier alpha value is -3.11. The van der Waals surface area contributed by atoms with Gasteiger partial charge in [-0.2, -0.15) is 11.8 Å². The molecule has 1 N–H and O–H groups in total. The summed E-state index contributed by atoms with van der Waals surface area (Å²) in [6.07, 6.45) is 2.28. The molecule has 164 valence electrons. The fraction of sp³-hybridized carbons (Fsp3) is 0.333. The van der Waals surface area contributed by atoms with Gasteiger partial charge in [-0.3, -0.25) is 14.9 Å². The van der Waals surface area contributed by atoms with Crippen molar-refractivity contribution in [2.24, 2.45) is 0 Å². The molecule has 1 aliphatic rings. The highest BCUT2D eigenvalue weighted by Gasteiger charge is 2.25. The lowest BCUT2D eigenvalue weighted by atomic mass is 10.1. The average Bonchev–Trinajstić information content (AvgIpc) is 2.80. The van der Waals surface area contributed by atoms with Crippen molar-refractivity contribution in [3.63, 3.8) is 0 Å². The van der Waals surface area contributed by atoms with Crippen molar-refractivity contribution in [2.75, 3.05) is 18.8 Å². The zero-order valence-corrected chi connectivity index (χ0v) is 17.7. The number of hydrogen-bond acceptors (Lipinski definition) is 8. The monoisotopic (exact) mass is 446 g/mol. The second-order valence-corrected chi connectivity index (χ2v) is 7.73. The number of rotatable bonds is 9. The van der Waals surface area contributed by atoms with Gasteiger partial charge in [0.2, 0.25) is 0 Å². The van der Waals surface area contributed by atoms with Gasteiger partial charge in [-0.1, -0.05) is 18.2 Å². The third kappa shape index (κ3) is 5.96. The number of amides is 1. The lowest BCUT2D eigenvalue weighted by Gasteiger charge is -2.21. The highest BCUT2D eigenvalue weighted by molar-refractivity contribution is 7.98. The van der Waals surface area contributed by atoms with Crippen LogP contribution in [0.1, 0.15) is 27.9 Å².